The largest absolute Gasteiger partial charge is 0.481 e. The van der Waals surface area contributed by atoms with Crippen molar-refractivity contribution in [2.45, 2.75) is 32.5 Å². The van der Waals surface area contributed by atoms with Crippen LogP contribution >= 0.6 is 0 Å². The summed E-state index contributed by atoms with van der Waals surface area (Å²) in [7, 11) is 1.77. The molecule has 0 radical (unpaired) electrons. The van der Waals surface area contributed by atoms with Gasteiger partial charge in [-0.2, -0.15) is 0 Å². The number of hydrogen-bond donors (Lipinski definition) is 2. The first kappa shape index (κ1) is 13.0. The highest BCUT2D eigenvalue weighted by atomic mass is 16.4. The minimum atomic E-state index is -0.894. The summed E-state index contributed by atoms with van der Waals surface area (Å²) in [5.41, 5.74) is 0. The van der Waals surface area contributed by atoms with Crippen molar-refractivity contribution in [3.05, 3.63) is 0 Å². The van der Waals surface area contributed by atoms with Crippen LogP contribution in [0.4, 0.5) is 0 Å². The molecule has 5 heteroatoms. The van der Waals surface area contributed by atoms with E-state index in [-0.39, 0.29) is 6.42 Å². The zero-order valence-electron chi connectivity index (χ0n) is 8.69. The normalized spacial score (nSPS) is 14.6. The maximum atomic E-state index is 10.8. The quantitative estimate of drug-likeness (QED) is 0.591. The maximum absolute atomic E-state index is 10.8. The molecule has 0 spiro atoms. The Hall–Kier alpha value is -0.995. The highest BCUT2D eigenvalue weighted by Crippen LogP contribution is 2.20. The molecular formula is C9H17BO4. The summed E-state index contributed by atoms with van der Waals surface area (Å²) in [5.74, 6) is -2.81. The molecule has 80 valence electrons. The van der Waals surface area contributed by atoms with Crippen LogP contribution in [-0.2, 0) is 9.59 Å². The van der Waals surface area contributed by atoms with E-state index in [0.29, 0.717) is 12.7 Å². The number of carbonyl (C=O) groups is 2. The van der Waals surface area contributed by atoms with Gasteiger partial charge in [0.05, 0.1) is 11.8 Å². The van der Waals surface area contributed by atoms with Crippen molar-refractivity contribution in [1.29, 1.82) is 0 Å². The molecule has 0 aliphatic rings. The second-order valence-corrected chi connectivity index (χ2v) is 3.50. The van der Waals surface area contributed by atoms with Crippen molar-refractivity contribution >= 4 is 19.8 Å². The smallest absolute Gasteiger partial charge is 0.306 e. The van der Waals surface area contributed by atoms with Gasteiger partial charge in [0, 0.05) is 0 Å². The number of carboxylic acid groups (broad SMARTS) is 2. The number of hydrogen-bond acceptors (Lipinski definition) is 2. The van der Waals surface area contributed by atoms with Gasteiger partial charge in [-0.1, -0.05) is 19.7 Å². The van der Waals surface area contributed by atoms with Gasteiger partial charge >= 0.3 is 11.9 Å². The molecule has 2 atom stereocenters. The summed E-state index contributed by atoms with van der Waals surface area (Å²) in [4.78, 5) is 21.5. The minimum Gasteiger partial charge on any atom is -0.481 e. The van der Waals surface area contributed by atoms with Crippen LogP contribution in [0.15, 0.2) is 0 Å². The molecule has 0 saturated heterocycles. The van der Waals surface area contributed by atoms with Gasteiger partial charge in [0.2, 0.25) is 0 Å². The fraction of sp³-hybridized carbons (Fsp3) is 0.778. The molecule has 0 fully saturated rings. The first-order valence-corrected chi connectivity index (χ1v) is 4.98. The van der Waals surface area contributed by atoms with Gasteiger partial charge in [-0.15, -0.1) is 0 Å². The third-order valence-electron chi connectivity index (χ3n) is 2.40. The summed E-state index contributed by atoms with van der Waals surface area (Å²) >= 11 is 0. The molecule has 0 rings (SSSR count). The van der Waals surface area contributed by atoms with Crippen LogP contribution in [0.1, 0.15) is 26.2 Å². The summed E-state index contributed by atoms with van der Waals surface area (Å²) in [5, 5.41) is 17.6. The Kier molecular flexibility index (Phi) is 6.00. The van der Waals surface area contributed by atoms with Gasteiger partial charge in [0.25, 0.3) is 0 Å². The van der Waals surface area contributed by atoms with E-state index in [1.165, 1.54) is 0 Å². The predicted octanol–water partition coefficient (Wildman–Crippen LogP) is 0.630. The summed E-state index contributed by atoms with van der Waals surface area (Å²) < 4.78 is 0. The van der Waals surface area contributed by atoms with E-state index in [9.17, 15) is 9.59 Å². The lowest BCUT2D eigenvalue weighted by Crippen LogP contribution is -2.22. The van der Waals surface area contributed by atoms with E-state index in [2.05, 4.69) is 0 Å². The van der Waals surface area contributed by atoms with Crippen molar-refractivity contribution in [2.24, 2.45) is 11.8 Å². The van der Waals surface area contributed by atoms with E-state index in [0.717, 1.165) is 6.42 Å². The zero-order valence-corrected chi connectivity index (χ0v) is 8.69. The van der Waals surface area contributed by atoms with Crippen LogP contribution < -0.4 is 0 Å². The summed E-state index contributed by atoms with van der Waals surface area (Å²) in [6.07, 6.45) is 2.06. The molecule has 0 aromatic carbocycles. The van der Waals surface area contributed by atoms with E-state index in [4.69, 9.17) is 10.2 Å². The molecule has 0 aliphatic carbocycles. The standard InChI is InChI=1S/C9H17BO4/c1-2-3-6(8(11)12)4-7(5-10)9(13)14/h6-7H,2-5,10H2,1H3,(H,11,12)(H,13,14). The van der Waals surface area contributed by atoms with Crippen LogP contribution in [0.2, 0.25) is 6.32 Å². The lowest BCUT2D eigenvalue weighted by molar-refractivity contribution is -0.145. The Labute approximate surface area is 84.7 Å². The number of carboxylic acids is 2. The monoisotopic (exact) mass is 200 g/mol. The van der Waals surface area contributed by atoms with E-state index < -0.39 is 23.8 Å². The van der Waals surface area contributed by atoms with Crippen molar-refractivity contribution < 1.29 is 19.8 Å². The van der Waals surface area contributed by atoms with E-state index in [1.54, 1.807) is 7.85 Å². The third kappa shape index (κ3) is 4.30. The average Bonchev–Trinajstić information content (AvgIpc) is 2.11. The first-order valence-electron chi connectivity index (χ1n) is 4.98. The lowest BCUT2D eigenvalue weighted by Gasteiger charge is -2.15. The Balaban J connectivity index is 4.25. The Morgan fingerprint density at radius 3 is 2.00 bits per heavy atom. The van der Waals surface area contributed by atoms with Crippen LogP contribution in [0.5, 0.6) is 0 Å². The molecule has 14 heavy (non-hydrogen) atoms. The first-order chi connectivity index (χ1) is 6.52. The molecule has 0 aromatic rings. The van der Waals surface area contributed by atoms with E-state index >= 15 is 0 Å². The highest BCUT2D eigenvalue weighted by Gasteiger charge is 2.24. The molecule has 0 aromatic heterocycles. The highest BCUT2D eigenvalue weighted by molar-refractivity contribution is 6.10. The lowest BCUT2D eigenvalue weighted by atomic mass is 9.83. The third-order valence-corrected chi connectivity index (χ3v) is 2.40. The average molecular weight is 200 g/mol. The number of rotatable bonds is 7. The molecule has 0 heterocycles. The van der Waals surface area contributed by atoms with Crippen LogP contribution in [0.25, 0.3) is 0 Å². The second-order valence-electron chi connectivity index (χ2n) is 3.50. The van der Waals surface area contributed by atoms with Gasteiger partial charge in [0.15, 0.2) is 0 Å². The molecule has 0 saturated carbocycles. The molecular weight excluding hydrogens is 183 g/mol. The molecule has 4 nitrogen and oxygen atoms in total. The molecule has 2 unspecified atom stereocenters. The Bertz CT molecular complexity index is 205. The van der Waals surface area contributed by atoms with Gasteiger partial charge in [-0.3, -0.25) is 9.59 Å². The second kappa shape index (κ2) is 6.46. The number of aliphatic carboxylic acids is 2. The SMILES string of the molecule is BCC(CC(CCC)C(=O)O)C(=O)O. The Morgan fingerprint density at radius 2 is 1.71 bits per heavy atom. The van der Waals surface area contributed by atoms with E-state index in [1.807, 2.05) is 6.92 Å². The topological polar surface area (TPSA) is 74.6 Å². The molecule has 0 aliphatic heterocycles. The summed E-state index contributed by atoms with van der Waals surface area (Å²) in [6.45, 7) is 1.90. The van der Waals surface area contributed by atoms with Crippen molar-refractivity contribution in [3.63, 3.8) is 0 Å². The molecule has 0 amide bonds. The van der Waals surface area contributed by atoms with Gasteiger partial charge in [-0.25, -0.2) is 0 Å². The van der Waals surface area contributed by atoms with Crippen LogP contribution in [0.3, 0.4) is 0 Å². The van der Waals surface area contributed by atoms with Crippen molar-refractivity contribution in [3.8, 4) is 0 Å². The van der Waals surface area contributed by atoms with Crippen molar-refractivity contribution in [2.75, 3.05) is 0 Å². The Morgan fingerprint density at radius 1 is 1.21 bits per heavy atom. The zero-order chi connectivity index (χ0) is 11.1. The molecule has 2 N–H and O–H groups in total. The van der Waals surface area contributed by atoms with Gasteiger partial charge in [0.1, 0.15) is 7.85 Å². The summed E-state index contributed by atoms with van der Waals surface area (Å²) in [6, 6.07) is 0. The molecule has 0 bridgehead atoms. The minimum absolute atomic E-state index is 0.245. The maximum Gasteiger partial charge on any atom is 0.306 e. The van der Waals surface area contributed by atoms with Gasteiger partial charge < -0.3 is 10.2 Å². The van der Waals surface area contributed by atoms with Gasteiger partial charge in [-0.05, 0) is 12.8 Å². The fourth-order valence-electron chi connectivity index (χ4n) is 1.48. The van der Waals surface area contributed by atoms with Crippen LogP contribution in [0, 0.1) is 11.8 Å². The predicted molar refractivity (Wildman–Crippen MR) is 55.1 cm³/mol. The fourth-order valence-corrected chi connectivity index (χ4v) is 1.48. The van der Waals surface area contributed by atoms with Crippen molar-refractivity contribution in [1.82, 2.24) is 0 Å². The van der Waals surface area contributed by atoms with Crippen LogP contribution in [-0.4, -0.2) is 30.0 Å².